The van der Waals surface area contributed by atoms with Gasteiger partial charge in [-0.25, -0.2) is 0 Å². The first kappa shape index (κ1) is 17.3. The molecule has 1 saturated heterocycles. The quantitative estimate of drug-likeness (QED) is 0.470. The average molecular weight is 306 g/mol. The average Bonchev–Trinajstić information content (AvgIpc) is 2.35. The zero-order valence-electron chi connectivity index (χ0n) is 11.8. The smallest absolute Gasteiger partial charge is 0.303 e. The van der Waals surface area contributed by atoms with Gasteiger partial charge in [0.25, 0.3) is 0 Å². The van der Waals surface area contributed by atoms with E-state index < -0.39 is 55.2 Å². The SMILES string of the molecule is CC(=O)O[C@H]1[C@@H](OC(C)=O)[C@H](O)O[C@H](CO)[C@H]1OC(C)=O. The van der Waals surface area contributed by atoms with Crippen molar-refractivity contribution in [2.45, 2.75) is 51.5 Å². The van der Waals surface area contributed by atoms with Crippen molar-refractivity contribution < 1.29 is 43.5 Å². The number of aliphatic hydroxyl groups is 2. The van der Waals surface area contributed by atoms with Crippen molar-refractivity contribution in [2.75, 3.05) is 6.61 Å². The fraction of sp³-hybridized carbons (Fsp3) is 0.750. The fourth-order valence-electron chi connectivity index (χ4n) is 2.02. The third-order valence-corrected chi connectivity index (χ3v) is 2.70. The van der Waals surface area contributed by atoms with Gasteiger partial charge >= 0.3 is 17.9 Å². The summed E-state index contributed by atoms with van der Waals surface area (Å²) in [7, 11) is 0. The van der Waals surface area contributed by atoms with E-state index in [1.54, 1.807) is 0 Å². The van der Waals surface area contributed by atoms with Crippen molar-refractivity contribution in [1.82, 2.24) is 0 Å². The third-order valence-electron chi connectivity index (χ3n) is 2.70. The molecular formula is C12H18O9. The molecule has 0 radical (unpaired) electrons. The van der Waals surface area contributed by atoms with E-state index in [2.05, 4.69) is 0 Å². The number of hydrogen-bond donors (Lipinski definition) is 2. The predicted octanol–water partition coefficient (Wildman–Crippen LogP) is -1.51. The molecule has 1 aliphatic heterocycles. The van der Waals surface area contributed by atoms with E-state index in [0.717, 1.165) is 20.8 Å². The van der Waals surface area contributed by atoms with Gasteiger partial charge in [0.05, 0.1) is 6.61 Å². The van der Waals surface area contributed by atoms with E-state index in [1.807, 2.05) is 0 Å². The molecule has 1 heterocycles. The van der Waals surface area contributed by atoms with Gasteiger partial charge in [0.1, 0.15) is 6.10 Å². The van der Waals surface area contributed by atoms with Gasteiger partial charge in [-0.3, -0.25) is 14.4 Å². The Morgan fingerprint density at radius 2 is 1.33 bits per heavy atom. The predicted molar refractivity (Wildman–Crippen MR) is 64.6 cm³/mol. The van der Waals surface area contributed by atoms with Crippen molar-refractivity contribution >= 4 is 17.9 Å². The Balaban J connectivity index is 3.08. The summed E-state index contributed by atoms with van der Waals surface area (Å²) in [5.74, 6) is -2.19. The standard InChI is InChI=1S/C12H18O9/c1-5(14)18-9-8(4-13)21-12(17)11(20-7(3)16)10(9)19-6(2)15/h8-13,17H,4H2,1-3H3/t8-,9-,10-,11-,12-/m1/s1. The lowest BCUT2D eigenvalue weighted by Gasteiger charge is -2.42. The summed E-state index contributed by atoms with van der Waals surface area (Å²) in [6.07, 6.45) is -6.65. The highest BCUT2D eigenvalue weighted by Gasteiger charge is 2.51. The second-order valence-electron chi connectivity index (χ2n) is 4.47. The lowest BCUT2D eigenvalue weighted by atomic mass is 9.98. The maximum Gasteiger partial charge on any atom is 0.303 e. The molecule has 1 aliphatic rings. The molecular weight excluding hydrogens is 288 g/mol. The Labute approximate surface area is 120 Å². The zero-order valence-corrected chi connectivity index (χ0v) is 11.8. The monoisotopic (exact) mass is 306 g/mol. The molecule has 0 bridgehead atoms. The van der Waals surface area contributed by atoms with Crippen molar-refractivity contribution in [3.8, 4) is 0 Å². The number of ether oxygens (including phenoxy) is 4. The Kier molecular flexibility index (Phi) is 6.06. The maximum atomic E-state index is 11.2. The van der Waals surface area contributed by atoms with E-state index in [9.17, 15) is 24.6 Å². The second kappa shape index (κ2) is 7.34. The molecule has 1 fully saturated rings. The molecule has 0 aromatic rings. The van der Waals surface area contributed by atoms with Gasteiger partial charge in [0.15, 0.2) is 24.6 Å². The molecule has 0 amide bonds. The second-order valence-corrected chi connectivity index (χ2v) is 4.47. The molecule has 21 heavy (non-hydrogen) atoms. The molecule has 0 saturated carbocycles. The highest BCUT2D eigenvalue weighted by Crippen LogP contribution is 2.27. The molecule has 1 rings (SSSR count). The Morgan fingerprint density at radius 1 is 0.905 bits per heavy atom. The van der Waals surface area contributed by atoms with Crippen LogP contribution in [0, 0.1) is 0 Å². The Hall–Kier alpha value is -1.71. The maximum absolute atomic E-state index is 11.2. The van der Waals surface area contributed by atoms with Crippen LogP contribution in [0.1, 0.15) is 20.8 Å². The minimum absolute atomic E-state index is 0.598. The summed E-state index contributed by atoms with van der Waals surface area (Å²) in [4.78, 5) is 33.4. The normalized spacial score (nSPS) is 32.1. The molecule has 0 aromatic heterocycles. The minimum Gasteiger partial charge on any atom is -0.456 e. The van der Waals surface area contributed by atoms with E-state index in [-0.39, 0.29) is 0 Å². The number of aliphatic hydroxyl groups excluding tert-OH is 2. The Bertz CT molecular complexity index is 408. The van der Waals surface area contributed by atoms with Crippen LogP contribution < -0.4 is 0 Å². The van der Waals surface area contributed by atoms with Gasteiger partial charge in [-0.15, -0.1) is 0 Å². The van der Waals surface area contributed by atoms with E-state index in [0.29, 0.717) is 0 Å². The van der Waals surface area contributed by atoms with Gasteiger partial charge in [-0.05, 0) is 0 Å². The van der Waals surface area contributed by atoms with E-state index in [4.69, 9.17) is 18.9 Å². The van der Waals surface area contributed by atoms with Crippen molar-refractivity contribution in [3.63, 3.8) is 0 Å². The number of rotatable bonds is 4. The summed E-state index contributed by atoms with van der Waals surface area (Å²) in [5.41, 5.74) is 0. The van der Waals surface area contributed by atoms with Crippen LogP contribution in [-0.2, 0) is 33.3 Å². The third kappa shape index (κ3) is 4.66. The van der Waals surface area contributed by atoms with Crippen molar-refractivity contribution in [2.24, 2.45) is 0 Å². The topological polar surface area (TPSA) is 129 Å². The summed E-state index contributed by atoms with van der Waals surface area (Å²) in [6, 6.07) is 0. The van der Waals surface area contributed by atoms with Gasteiger partial charge in [-0.2, -0.15) is 0 Å². The molecule has 0 aliphatic carbocycles. The molecule has 9 nitrogen and oxygen atoms in total. The lowest BCUT2D eigenvalue weighted by Crippen LogP contribution is -2.62. The van der Waals surface area contributed by atoms with Crippen LogP contribution in [-0.4, -0.2) is 65.4 Å². The molecule has 2 N–H and O–H groups in total. The zero-order chi connectivity index (χ0) is 16.2. The lowest BCUT2D eigenvalue weighted by molar-refractivity contribution is -0.295. The van der Waals surface area contributed by atoms with Crippen molar-refractivity contribution in [1.29, 1.82) is 0 Å². The molecule has 9 heteroatoms. The van der Waals surface area contributed by atoms with Gasteiger partial charge in [-0.1, -0.05) is 0 Å². The largest absolute Gasteiger partial charge is 0.456 e. The molecule has 0 unspecified atom stereocenters. The van der Waals surface area contributed by atoms with Gasteiger partial charge in [0.2, 0.25) is 0 Å². The number of carbonyl (C=O) groups is 3. The van der Waals surface area contributed by atoms with Crippen LogP contribution in [0.3, 0.4) is 0 Å². The van der Waals surface area contributed by atoms with Crippen LogP contribution in [0.5, 0.6) is 0 Å². The first-order valence-electron chi connectivity index (χ1n) is 6.22. The summed E-state index contributed by atoms with van der Waals surface area (Å²) < 4.78 is 19.8. The van der Waals surface area contributed by atoms with Crippen LogP contribution in [0.4, 0.5) is 0 Å². The van der Waals surface area contributed by atoms with E-state index in [1.165, 1.54) is 0 Å². The first-order valence-corrected chi connectivity index (χ1v) is 6.22. The summed E-state index contributed by atoms with van der Waals surface area (Å²) in [6.45, 7) is 2.71. The molecule has 120 valence electrons. The van der Waals surface area contributed by atoms with Gasteiger partial charge < -0.3 is 29.2 Å². The van der Waals surface area contributed by atoms with Gasteiger partial charge in [0, 0.05) is 20.8 Å². The Morgan fingerprint density at radius 3 is 1.76 bits per heavy atom. The fourth-order valence-corrected chi connectivity index (χ4v) is 2.02. The number of esters is 3. The molecule has 0 aromatic carbocycles. The molecule has 5 atom stereocenters. The first-order chi connectivity index (χ1) is 9.76. The van der Waals surface area contributed by atoms with Crippen LogP contribution >= 0.6 is 0 Å². The van der Waals surface area contributed by atoms with Crippen molar-refractivity contribution in [3.05, 3.63) is 0 Å². The van der Waals surface area contributed by atoms with Crippen LogP contribution in [0.2, 0.25) is 0 Å². The summed E-state index contributed by atoms with van der Waals surface area (Å²) in [5, 5.41) is 19.0. The number of hydrogen-bond acceptors (Lipinski definition) is 9. The highest BCUT2D eigenvalue weighted by molar-refractivity contribution is 5.68. The van der Waals surface area contributed by atoms with E-state index >= 15 is 0 Å². The molecule has 0 spiro atoms. The van der Waals surface area contributed by atoms with Crippen LogP contribution in [0.15, 0.2) is 0 Å². The summed E-state index contributed by atoms with van der Waals surface area (Å²) >= 11 is 0. The number of carbonyl (C=O) groups excluding carboxylic acids is 3. The van der Waals surface area contributed by atoms with Crippen LogP contribution in [0.25, 0.3) is 0 Å². The highest BCUT2D eigenvalue weighted by atomic mass is 16.7. The minimum atomic E-state index is -1.64.